The van der Waals surface area contributed by atoms with Crippen LogP contribution in [0.15, 0.2) is 18.6 Å². The lowest BCUT2D eigenvalue weighted by Crippen LogP contribution is -2.41. The number of pyridine rings is 1. The number of likely N-dealkylation sites (tertiary alicyclic amines) is 1. The monoisotopic (exact) mass is 389 g/mol. The SMILES string of the molecule is COc1c(Nc2cnc(CO)cc2C)ncnc1OC1CCN(C(=O)O)CC1. The van der Waals surface area contributed by atoms with Crippen LogP contribution < -0.4 is 14.8 Å². The lowest BCUT2D eigenvalue weighted by Gasteiger charge is -2.30. The van der Waals surface area contributed by atoms with Gasteiger partial charge >= 0.3 is 6.09 Å². The number of aliphatic hydroxyl groups is 1. The van der Waals surface area contributed by atoms with Crippen LogP contribution in [0.4, 0.5) is 16.3 Å². The van der Waals surface area contributed by atoms with Crippen LogP contribution in [-0.2, 0) is 6.61 Å². The number of aryl methyl sites for hydroxylation is 1. The normalized spacial score (nSPS) is 14.6. The third-order valence-electron chi connectivity index (χ3n) is 4.55. The molecule has 2 aromatic rings. The largest absolute Gasteiger partial charge is 0.489 e. The first-order valence-electron chi connectivity index (χ1n) is 8.88. The molecule has 0 spiro atoms. The smallest absolute Gasteiger partial charge is 0.407 e. The summed E-state index contributed by atoms with van der Waals surface area (Å²) in [6, 6.07) is 1.78. The molecule has 0 saturated carbocycles. The Kier molecular flexibility index (Phi) is 6.09. The van der Waals surface area contributed by atoms with Crippen molar-refractivity contribution in [3.8, 4) is 11.6 Å². The number of hydrogen-bond donors (Lipinski definition) is 3. The van der Waals surface area contributed by atoms with Crippen molar-refractivity contribution in [2.24, 2.45) is 0 Å². The Morgan fingerprint density at radius 2 is 2.07 bits per heavy atom. The van der Waals surface area contributed by atoms with Gasteiger partial charge in [0, 0.05) is 25.9 Å². The number of amides is 1. The van der Waals surface area contributed by atoms with Crippen molar-refractivity contribution in [2.45, 2.75) is 32.5 Å². The summed E-state index contributed by atoms with van der Waals surface area (Å²) in [6.45, 7) is 2.60. The molecule has 1 amide bonds. The number of hydrogen-bond acceptors (Lipinski definition) is 8. The van der Waals surface area contributed by atoms with Gasteiger partial charge in [-0.25, -0.2) is 9.78 Å². The molecule has 1 fully saturated rings. The standard InChI is InChI=1S/C18H23N5O5/c1-11-7-12(9-24)19-8-14(11)22-16-15(27-2)17(21-10-20-16)28-13-3-5-23(6-4-13)18(25)26/h7-8,10,13,24H,3-6,9H2,1-2H3,(H,25,26)(H,20,21,22). The lowest BCUT2D eigenvalue weighted by molar-refractivity contribution is 0.0852. The Morgan fingerprint density at radius 3 is 2.68 bits per heavy atom. The van der Waals surface area contributed by atoms with Crippen LogP contribution in [0.25, 0.3) is 0 Å². The average molecular weight is 389 g/mol. The summed E-state index contributed by atoms with van der Waals surface area (Å²) >= 11 is 0. The summed E-state index contributed by atoms with van der Waals surface area (Å²) in [5.41, 5.74) is 2.19. The fourth-order valence-corrected chi connectivity index (χ4v) is 3.00. The van der Waals surface area contributed by atoms with Crippen molar-refractivity contribution >= 4 is 17.6 Å². The summed E-state index contributed by atoms with van der Waals surface area (Å²) in [5, 5.41) is 21.4. The summed E-state index contributed by atoms with van der Waals surface area (Å²) in [7, 11) is 1.50. The zero-order valence-electron chi connectivity index (χ0n) is 15.8. The van der Waals surface area contributed by atoms with Gasteiger partial charge in [-0.3, -0.25) is 4.98 Å². The van der Waals surface area contributed by atoms with Crippen molar-refractivity contribution < 1.29 is 24.5 Å². The van der Waals surface area contributed by atoms with E-state index in [4.69, 9.17) is 14.6 Å². The number of ether oxygens (including phenoxy) is 2. The topological polar surface area (TPSA) is 130 Å². The van der Waals surface area contributed by atoms with Crippen LogP contribution in [0.1, 0.15) is 24.1 Å². The highest BCUT2D eigenvalue weighted by Crippen LogP contribution is 2.35. The van der Waals surface area contributed by atoms with Gasteiger partial charge < -0.3 is 29.9 Å². The molecule has 10 nitrogen and oxygen atoms in total. The molecule has 3 heterocycles. The molecule has 10 heteroatoms. The Bertz CT molecular complexity index is 839. The third kappa shape index (κ3) is 4.39. The Labute approximate surface area is 162 Å². The molecule has 150 valence electrons. The van der Waals surface area contributed by atoms with Crippen molar-refractivity contribution in [3.63, 3.8) is 0 Å². The molecule has 2 aromatic heterocycles. The van der Waals surface area contributed by atoms with Gasteiger partial charge in [0.1, 0.15) is 12.4 Å². The molecule has 0 unspecified atom stereocenters. The van der Waals surface area contributed by atoms with Crippen LogP contribution in [0.3, 0.4) is 0 Å². The first-order chi connectivity index (χ1) is 13.5. The molecule has 3 N–H and O–H groups in total. The molecular formula is C18H23N5O5. The van der Waals surface area contributed by atoms with E-state index in [0.29, 0.717) is 49.1 Å². The van der Waals surface area contributed by atoms with Crippen LogP contribution in [-0.4, -0.2) is 62.5 Å². The summed E-state index contributed by atoms with van der Waals surface area (Å²) in [5.74, 6) is 1.08. The summed E-state index contributed by atoms with van der Waals surface area (Å²) in [6.07, 6.45) is 3.07. The molecule has 0 atom stereocenters. The molecule has 0 aromatic carbocycles. The number of carboxylic acid groups (broad SMARTS) is 1. The minimum atomic E-state index is -0.916. The van der Waals surface area contributed by atoms with Gasteiger partial charge in [0.15, 0.2) is 5.82 Å². The predicted octanol–water partition coefficient (Wildman–Crippen LogP) is 1.95. The maximum Gasteiger partial charge on any atom is 0.407 e. The zero-order chi connectivity index (χ0) is 20.1. The second-order valence-electron chi connectivity index (χ2n) is 6.42. The maximum absolute atomic E-state index is 11.0. The molecule has 0 bridgehead atoms. The second-order valence-corrected chi connectivity index (χ2v) is 6.42. The van der Waals surface area contributed by atoms with Gasteiger partial charge in [0.05, 0.1) is 31.3 Å². The van der Waals surface area contributed by atoms with E-state index in [-0.39, 0.29) is 12.7 Å². The van der Waals surface area contributed by atoms with Crippen molar-refractivity contribution in [1.82, 2.24) is 19.9 Å². The van der Waals surface area contributed by atoms with Crippen LogP contribution in [0, 0.1) is 6.92 Å². The number of methoxy groups -OCH3 is 1. The molecule has 1 saturated heterocycles. The Morgan fingerprint density at radius 1 is 1.32 bits per heavy atom. The quantitative estimate of drug-likeness (QED) is 0.678. The number of rotatable bonds is 6. The number of aromatic nitrogens is 3. The molecular weight excluding hydrogens is 366 g/mol. The van der Waals surface area contributed by atoms with Crippen molar-refractivity contribution in [3.05, 3.63) is 29.8 Å². The minimum absolute atomic E-state index is 0.128. The number of carbonyl (C=O) groups is 1. The zero-order valence-corrected chi connectivity index (χ0v) is 15.8. The number of piperidine rings is 1. The molecule has 1 aliphatic rings. The molecule has 0 radical (unpaired) electrons. The Hall–Kier alpha value is -3.14. The average Bonchev–Trinajstić information content (AvgIpc) is 2.70. The fraction of sp³-hybridized carbons (Fsp3) is 0.444. The van der Waals surface area contributed by atoms with Gasteiger partial charge in [-0.2, -0.15) is 4.98 Å². The molecule has 1 aliphatic heterocycles. The number of nitrogens with one attached hydrogen (secondary N) is 1. The highest BCUT2D eigenvalue weighted by atomic mass is 16.5. The van der Waals surface area contributed by atoms with E-state index >= 15 is 0 Å². The third-order valence-corrected chi connectivity index (χ3v) is 4.55. The van der Waals surface area contributed by atoms with Gasteiger partial charge in [-0.05, 0) is 18.6 Å². The minimum Gasteiger partial charge on any atom is -0.489 e. The highest BCUT2D eigenvalue weighted by Gasteiger charge is 2.25. The van der Waals surface area contributed by atoms with E-state index < -0.39 is 6.09 Å². The van der Waals surface area contributed by atoms with E-state index in [2.05, 4.69) is 20.3 Å². The Balaban J connectivity index is 1.75. The van der Waals surface area contributed by atoms with E-state index in [9.17, 15) is 9.90 Å². The van der Waals surface area contributed by atoms with E-state index in [1.54, 1.807) is 12.3 Å². The van der Waals surface area contributed by atoms with Crippen molar-refractivity contribution in [2.75, 3.05) is 25.5 Å². The van der Waals surface area contributed by atoms with Gasteiger partial charge in [0.25, 0.3) is 5.88 Å². The summed E-state index contributed by atoms with van der Waals surface area (Å²) in [4.78, 5) is 25.0. The number of aliphatic hydroxyl groups excluding tert-OH is 1. The first kappa shape index (κ1) is 19.6. The van der Waals surface area contributed by atoms with Crippen LogP contribution >= 0.6 is 0 Å². The predicted molar refractivity (Wildman–Crippen MR) is 100 cm³/mol. The van der Waals surface area contributed by atoms with E-state index in [1.807, 2.05) is 6.92 Å². The van der Waals surface area contributed by atoms with Gasteiger partial charge in [-0.1, -0.05) is 0 Å². The van der Waals surface area contributed by atoms with Crippen LogP contribution in [0.5, 0.6) is 11.6 Å². The van der Waals surface area contributed by atoms with Crippen LogP contribution in [0.2, 0.25) is 0 Å². The molecule has 3 rings (SSSR count). The van der Waals surface area contributed by atoms with Gasteiger partial charge in [0.2, 0.25) is 5.75 Å². The highest BCUT2D eigenvalue weighted by molar-refractivity contribution is 5.66. The summed E-state index contributed by atoms with van der Waals surface area (Å²) < 4.78 is 11.4. The van der Waals surface area contributed by atoms with Crippen molar-refractivity contribution in [1.29, 1.82) is 0 Å². The van der Waals surface area contributed by atoms with E-state index in [0.717, 1.165) is 11.3 Å². The molecule has 28 heavy (non-hydrogen) atoms. The van der Waals surface area contributed by atoms with E-state index in [1.165, 1.54) is 18.3 Å². The fourth-order valence-electron chi connectivity index (χ4n) is 3.00. The number of nitrogens with zero attached hydrogens (tertiary/aromatic N) is 4. The lowest BCUT2D eigenvalue weighted by atomic mass is 10.1. The number of anilines is 2. The van der Waals surface area contributed by atoms with Gasteiger partial charge in [-0.15, -0.1) is 0 Å². The maximum atomic E-state index is 11.0. The second kappa shape index (κ2) is 8.70. The first-order valence-corrected chi connectivity index (χ1v) is 8.88. The molecule has 0 aliphatic carbocycles.